The number of thiazole rings is 1. The van der Waals surface area contributed by atoms with Gasteiger partial charge in [0.05, 0.1) is 22.8 Å². The Labute approximate surface area is 201 Å². The minimum atomic E-state index is -0.551. The lowest BCUT2D eigenvalue weighted by atomic mass is 10.2. The Morgan fingerprint density at radius 1 is 1.03 bits per heavy atom. The van der Waals surface area contributed by atoms with Crippen LogP contribution in [0, 0.1) is 12.7 Å². The number of carbonyl (C=O) groups is 2. The molecule has 4 aromatic rings. The summed E-state index contributed by atoms with van der Waals surface area (Å²) in [6.07, 6.45) is 0. The molecule has 0 saturated carbocycles. The Kier molecular flexibility index (Phi) is 7.00. The molecule has 4 rings (SSSR count). The fourth-order valence-corrected chi connectivity index (χ4v) is 4.50. The van der Waals surface area contributed by atoms with Crippen molar-refractivity contribution in [3.63, 3.8) is 0 Å². The first-order valence-corrected chi connectivity index (χ1v) is 11.6. The number of anilines is 2. The number of fused-ring (bicyclic) bond motifs is 1. The summed E-state index contributed by atoms with van der Waals surface area (Å²) in [5, 5.41) is 6.45. The monoisotopic (exact) mass is 476 g/mol. The molecule has 0 aliphatic carbocycles. The van der Waals surface area contributed by atoms with Crippen LogP contribution in [0.25, 0.3) is 20.8 Å². The maximum absolute atomic E-state index is 13.3. The molecular formula is C26H25FN4O2S. The minimum Gasteiger partial charge on any atom is -0.325 e. The van der Waals surface area contributed by atoms with Crippen molar-refractivity contribution in [3.05, 3.63) is 78.1 Å². The SMILES string of the molecule is Cc1ccc2nc(-c3ccc(NC(=O)[C@H](C)N(C)CC(=O)Nc4cccc(F)c4)cc3)sc2c1. The van der Waals surface area contributed by atoms with Gasteiger partial charge >= 0.3 is 0 Å². The molecule has 0 radical (unpaired) electrons. The van der Waals surface area contributed by atoms with Crippen molar-refractivity contribution in [2.24, 2.45) is 0 Å². The van der Waals surface area contributed by atoms with E-state index in [-0.39, 0.29) is 18.4 Å². The molecule has 6 nitrogen and oxygen atoms in total. The van der Waals surface area contributed by atoms with Crippen LogP contribution in [0.2, 0.25) is 0 Å². The van der Waals surface area contributed by atoms with E-state index in [1.165, 1.54) is 23.8 Å². The van der Waals surface area contributed by atoms with Gasteiger partial charge in [-0.3, -0.25) is 14.5 Å². The molecule has 3 aromatic carbocycles. The molecule has 0 bridgehead atoms. The lowest BCUT2D eigenvalue weighted by Gasteiger charge is -2.23. The lowest BCUT2D eigenvalue weighted by Crippen LogP contribution is -2.43. The Hall–Kier alpha value is -3.62. The van der Waals surface area contributed by atoms with E-state index in [4.69, 9.17) is 4.98 Å². The highest BCUT2D eigenvalue weighted by atomic mass is 32.1. The van der Waals surface area contributed by atoms with E-state index in [0.29, 0.717) is 11.4 Å². The van der Waals surface area contributed by atoms with Crippen molar-refractivity contribution in [2.75, 3.05) is 24.2 Å². The third-order valence-electron chi connectivity index (χ3n) is 5.49. The fraction of sp³-hybridized carbons (Fsp3) is 0.192. The van der Waals surface area contributed by atoms with E-state index in [1.807, 2.05) is 36.4 Å². The van der Waals surface area contributed by atoms with Crippen molar-refractivity contribution >= 4 is 44.7 Å². The van der Waals surface area contributed by atoms with Crippen molar-refractivity contribution in [1.82, 2.24) is 9.88 Å². The molecule has 2 amide bonds. The van der Waals surface area contributed by atoms with Gasteiger partial charge in [-0.05, 0) is 81.1 Å². The third-order valence-corrected chi connectivity index (χ3v) is 6.55. The maximum atomic E-state index is 13.3. The topological polar surface area (TPSA) is 74.3 Å². The molecule has 0 spiro atoms. The highest BCUT2D eigenvalue weighted by Gasteiger charge is 2.20. The molecule has 1 aromatic heterocycles. The zero-order chi connectivity index (χ0) is 24.2. The van der Waals surface area contributed by atoms with Crippen LogP contribution < -0.4 is 10.6 Å². The molecule has 174 valence electrons. The first-order valence-electron chi connectivity index (χ1n) is 10.8. The van der Waals surface area contributed by atoms with E-state index < -0.39 is 11.9 Å². The first kappa shape index (κ1) is 23.5. The molecule has 2 N–H and O–H groups in total. The number of benzene rings is 3. The third kappa shape index (κ3) is 5.65. The van der Waals surface area contributed by atoms with Gasteiger partial charge in [0.25, 0.3) is 0 Å². The van der Waals surface area contributed by atoms with Crippen LogP contribution >= 0.6 is 11.3 Å². The number of aryl methyl sites for hydroxylation is 1. The van der Waals surface area contributed by atoms with Crippen LogP contribution in [0.3, 0.4) is 0 Å². The summed E-state index contributed by atoms with van der Waals surface area (Å²) in [5.74, 6) is -0.990. The van der Waals surface area contributed by atoms with Crippen molar-refractivity contribution in [2.45, 2.75) is 19.9 Å². The van der Waals surface area contributed by atoms with Gasteiger partial charge in [0.15, 0.2) is 0 Å². The van der Waals surface area contributed by atoms with Crippen LogP contribution in [0.15, 0.2) is 66.7 Å². The first-order chi connectivity index (χ1) is 16.3. The number of aromatic nitrogens is 1. The smallest absolute Gasteiger partial charge is 0.241 e. The Balaban J connectivity index is 1.34. The van der Waals surface area contributed by atoms with E-state index in [1.54, 1.807) is 36.3 Å². The Morgan fingerprint density at radius 2 is 1.79 bits per heavy atom. The number of hydrogen-bond donors (Lipinski definition) is 2. The summed E-state index contributed by atoms with van der Waals surface area (Å²) in [6.45, 7) is 3.77. The summed E-state index contributed by atoms with van der Waals surface area (Å²) < 4.78 is 14.4. The van der Waals surface area contributed by atoms with Crippen LogP contribution in [0.1, 0.15) is 12.5 Å². The predicted octanol–water partition coefficient (Wildman–Crippen LogP) is 5.31. The normalized spacial score (nSPS) is 12.0. The van der Waals surface area contributed by atoms with Crippen molar-refractivity contribution in [3.8, 4) is 10.6 Å². The van der Waals surface area contributed by atoms with Crippen molar-refractivity contribution in [1.29, 1.82) is 0 Å². The Morgan fingerprint density at radius 3 is 2.53 bits per heavy atom. The quantitative estimate of drug-likeness (QED) is 0.379. The summed E-state index contributed by atoms with van der Waals surface area (Å²) in [5.41, 5.74) is 4.19. The molecule has 1 heterocycles. The molecule has 0 aliphatic heterocycles. The predicted molar refractivity (Wildman–Crippen MR) is 136 cm³/mol. The fourth-order valence-electron chi connectivity index (χ4n) is 3.43. The summed E-state index contributed by atoms with van der Waals surface area (Å²) in [7, 11) is 1.69. The van der Waals surface area contributed by atoms with Crippen LogP contribution in [-0.2, 0) is 9.59 Å². The molecule has 34 heavy (non-hydrogen) atoms. The summed E-state index contributed by atoms with van der Waals surface area (Å²) in [6, 6.07) is 18.9. The molecule has 1 atom stereocenters. The number of hydrogen-bond acceptors (Lipinski definition) is 5. The number of halogens is 1. The molecule has 0 aliphatic rings. The number of nitrogens with one attached hydrogen (secondary N) is 2. The van der Waals surface area contributed by atoms with E-state index >= 15 is 0 Å². The summed E-state index contributed by atoms with van der Waals surface area (Å²) >= 11 is 1.64. The second-order valence-electron chi connectivity index (χ2n) is 8.21. The number of carbonyl (C=O) groups excluding carboxylic acids is 2. The molecule has 0 unspecified atom stereocenters. The average Bonchev–Trinajstić information content (AvgIpc) is 3.22. The van der Waals surface area contributed by atoms with E-state index in [0.717, 1.165) is 20.8 Å². The van der Waals surface area contributed by atoms with Gasteiger partial charge in [0.1, 0.15) is 10.8 Å². The maximum Gasteiger partial charge on any atom is 0.241 e. The van der Waals surface area contributed by atoms with Gasteiger partial charge in [-0.1, -0.05) is 12.1 Å². The Bertz CT molecular complexity index is 1340. The minimum absolute atomic E-state index is 0.0128. The van der Waals surface area contributed by atoms with Crippen LogP contribution in [-0.4, -0.2) is 41.3 Å². The number of likely N-dealkylation sites (N-methyl/N-ethyl adjacent to an activating group) is 1. The zero-order valence-corrected chi connectivity index (χ0v) is 19.9. The van der Waals surface area contributed by atoms with Gasteiger partial charge in [0, 0.05) is 16.9 Å². The second-order valence-corrected chi connectivity index (χ2v) is 9.24. The zero-order valence-electron chi connectivity index (χ0n) is 19.1. The molecular weight excluding hydrogens is 451 g/mol. The molecule has 8 heteroatoms. The van der Waals surface area contributed by atoms with Gasteiger partial charge < -0.3 is 10.6 Å². The van der Waals surface area contributed by atoms with Gasteiger partial charge in [0.2, 0.25) is 11.8 Å². The molecule has 0 saturated heterocycles. The van der Waals surface area contributed by atoms with Crippen molar-refractivity contribution < 1.29 is 14.0 Å². The lowest BCUT2D eigenvalue weighted by molar-refractivity contribution is -0.122. The van der Waals surface area contributed by atoms with Crippen LogP contribution in [0.4, 0.5) is 15.8 Å². The number of rotatable bonds is 7. The summed E-state index contributed by atoms with van der Waals surface area (Å²) in [4.78, 5) is 31.3. The second kappa shape index (κ2) is 10.1. The number of nitrogens with zero attached hydrogens (tertiary/aromatic N) is 2. The standard InChI is InChI=1S/C26H25FN4O2S/c1-16-7-12-22-23(13-16)34-26(30-22)18-8-10-20(11-9-18)29-25(33)17(2)31(3)15-24(32)28-21-6-4-5-19(27)14-21/h4-14,17H,15H2,1-3H3,(H,28,32)(H,29,33)/t17-/m0/s1. The van der Waals surface area contributed by atoms with Gasteiger partial charge in [-0.15, -0.1) is 11.3 Å². The highest BCUT2D eigenvalue weighted by molar-refractivity contribution is 7.21. The van der Waals surface area contributed by atoms with E-state index in [2.05, 4.69) is 23.6 Å². The van der Waals surface area contributed by atoms with Gasteiger partial charge in [-0.25, -0.2) is 9.37 Å². The average molecular weight is 477 g/mol. The largest absolute Gasteiger partial charge is 0.325 e. The van der Waals surface area contributed by atoms with E-state index in [9.17, 15) is 14.0 Å². The highest BCUT2D eigenvalue weighted by Crippen LogP contribution is 2.31. The number of amides is 2. The molecule has 0 fully saturated rings. The van der Waals surface area contributed by atoms with Gasteiger partial charge in [-0.2, -0.15) is 0 Å². The van der Waals surface area contributed by atoms with Crippen LogP contribution in [0.5, 0.6) is 0 Å².